The number of hydrogen-bond acceptors (Lipinski definition) is 3. The molecule has 3 rings (SSSR count). The van der Waals surface area contributed by atoms with E-state index in [1.807, 2.05) is 18.2 Å². The molecule has 1 saturated carbocycles. The topological polar surface area (TPSA) is 30.5 Å². The van der Waals surface area contributed by atoms with Gasteiger partial charge in [-0.25, -0.2) is 4.39 Å². The van der Waals surface area contributed by atoms with E-state index in [2.05, 4.69) is 11.4 Å². The van der Waals surface area contributed by atoms with Crippen LogP contribution in [-0.2, 0) is 6.54 Å². The van der Waals surface area contributed by atoms with Crippen molar-refractivity contribution >= 4 is 12.4 Å². The number of halogens is 2. The number of hydrogen-bond donors (Lipinski definition) is 1. The van der Waals surface area contributed by atoms with Gasteiger partial charge in [-0.2, -0.15) is 0 Å². The van der Waals surface area contributed by atoms with E-state index < -0.39 is 0 Å². The Labute approximate surface area is 148 Å². The molecule has 0 aliphatic heterocycles. The Balaban J connectivity index is 0.00000208. The van der Waals surface area contributed by atoms with Gasteiger partial charge in [0.25, 0.3) is 0 Å². The van der Waals surface area contributed by atoms with Gasteiger partial charge in [0.15, 0.2) is 0 Å². The number of rotatable bonds is 7. The molecule has 0 radical (unpaired) electrons. The Morgan fingerprint density at radius 2 is 1.83 bits per heavy atom. The van der Waals surface area contributed by atoms with Crippen LogP contribution >= 0.6 is 12.4 Å². The fourth-order valence-corrected chi connectivity index (χ4v) is 3.09. The molecule has 3 nitrogen and oxygen atoms in total. The number of nitrogens with one attached hydrogen (secondary N) is 1. The smallest absolute Gasteiger partial charge is 0.123 e. The molecule has 0 heterocycles. The number of para-hydroxylation sites is 1. The molecule has 1 aliphatic carbocycles. The zero-order chi connectivity index (χ0) is 16.2. The van der Waals surface area contributed by atoms with Gasteiger partial charge in [0.2, 0.25) is 0 Å². The van der Waals surface area contributed by atoms with Crippen molar-refractivity contribution in [2.75, 3.05) is 20.8 Å². The van der Waals surface area contributed by atoms with Gasteiger partial charge in [0, 0.05) is 17.7 Å². The highest BCUT2D eigenvalue weighted by molar-refractivity contribution is 5.85. The predicted molar refractivity (Wildman–Crippen MR) is 95.7 cm³/mol. The summed E-state index contributed by atoms with van der Waals surface area (Å²) in [5.74, 6) is 2.39. The number of ether oxygens (including phenoxy) is 2. The molecule has 1 aliphatic rings. The first-order valence-electron chi connectivity index (χ1n) is 7.89. The summed E-state index contributed by atoms with van der Waals surface area (Å²) in [6.07, 6.45) is 1.07. The van der Waals surface area contributed by atoms with Crippen LogP contribution in [0.5, 0.6) is 11.5 Å². The maximum absolute atomic E-state index is 13.5. The van der Waals surface area contributed by atoms with Crippen LogP contribution in [0.4, 0.5) is 4.39 Å². The van der Waals surface area contributed by atoms with Crippen molar-refractivity contribution in [3.8, 4) is 11.5 Å². The summed E-state index contributed by atoms with van der Waals surface area (Å²) in [7, 11) is 3.32. The van der Waals surface area contributed by atoms with E-state index >= 15 is 0 Å². The van der Waals surface area contributed by atoms with Crippen molar-refractivity contribution < 1.29 is 13.9 Å². The van der Waals surface area contributed by atoms with Crippen molar-refractivity contribution in [3.63, 3.8) is 0 Å². The summed E-state index contributed by atoms with van der Waals surface area (Å²) in [4.78, 5) is 0. The molecule has 2 atom stereocenters. The van der Waals surface area contributed by atoms with E-state index in [-0.39, 0.29) is 18.2 Å². The average Bonchev–Trinajstić information content (AvgIpc) is 3.34. The van der Waals surface area contributed by atoms with Gasteiger partial charge in [-0.05, 0) is 49.1 Å². The molecule has 0 bridgehead atoms. The molecular formula is C19H23ClFNO2. The minimum Gasteiger partial charge on any atom is -0.496 e. The molecular weight excluding hydrogens is 329 g/mol. The zero-order valence-corrected chi connectivity index (χ0v) is 14.7. The molecule has 0 spiro atoms. The SMILES string of the molecule is COc1ccccc1CNC[C@H]1C[C@@H]1c1cc(F)ccc1OC.Cl. The summed E-state index contributed by atoms with van der Waals surface area (Å²) in [6.45, 7) is 1.68. The Hall–Kier alpha value is -1.78. The van der Waals surface area contributed by atoms with E-state index in [1.54, 1.807) is 26.4 Å². The highest BCUT2D eigenvalue weighted by atomic mass is 35.5. The fraction of sp³-hybridized carbons (Fsp3) is 0.368. The summed E-state index contributed by atoms with van der Waals surface area (Å²) in [6, 6.07) is 12.8. The van der Waals surface area contributed by atoms with Crippen LogP contribution in [0.25, 0.3) is 0 Å². The van der Waals surface area contributed by atoms with Crippen LogP contribution in [0, 0.1) is 11.7 Å². The quantitative estimate of drug-likeness (QED) is 0.812. The Morgan fingerprint density at radius 3 is 2.58 bits per heavy atom. The van der Waals surface area contributed by atoms with Gasteiger partial charge in [-0.3, -0.25) is 0 Å². The third kappa shape index (κ3) is 4.19. The second kappa shape index (κ2) is 8.36. The van der Waals surface area contributed by atoms with E-state index in [1.165, 1.54) is 6.07 Å². The highest BCUT2D eigenvalue weighted by Crippen LogP contribution is 2.50. The lowest BCUT2D eigenvalue weighted by Gasteiger charge is -2.10. The van der Waals surface area contributed by atoms with Crippen molar-refractivity contribution in [3.05, 3.63) is 59.4 Å². The predicted octanol–water partition coefficient (Wildman–Crippen LogP) is 4.16. The molecule has 1 fully saturated rings. The normalized spacial score (nSPS) is 18.6. The average molecular weight is 352 g/mol. The molecule has 2 aromatic carbocycles. The largest absolute Gasteiger partial charge is 0.496 e. The van der Waals surface area contributed by atoms with Crippen molar-refractivity contribution in [1.82, 2.24) is 5.32 Å². The minimum atomic E-state index is -0.201. The van der Waals surface area contributed by atoms with Crippen LogP contribution < -0.4 is 14.8 Å². The van der Waals surface area contributed by atoms with Gasteiger partial charge in [-0.15, -0.1) is 12.4 Å². The van der Waals surface area contributed by atoms with Gasteiger partial charge in [0.05, 0.1) is 14.2 Å². The number of benzene rings is 2. The van der Waals surface area contributed by atoms with E-state index in [0.29, 0.717) is 11.8 Å². The van der Waals surface area contributed by atoms with Gasteiger partial charge < -0.3 is 14.8 Å². The van der Waals surface area contributed by atoms with Crippen LogP contribution in [0.2, 0.25) is 0 Å². The summed E-state index contributed by atoms with van der Waals surface area (Å²) < 4.78 is 24.2. The first kappa shape index (κ1) is 18.6. The molecule has 0 amide bonds. The standard InChI is InChI=1S/C19H22FNO2.ClH/c1-22-18-6-4-3-5-13(18)11-21-12-14-9-16(14)17-10-15(20)7-8-19(17)23-2;/h3-8,10,14,16,21H,9,11-12H2,1-2H3;1H/t14-,16+;/m1./s1. The second-order valence-electron chi connectivity index (χ2n) is 5.93. The molecule has 0 aromatic heterocycles. The van der Waals surface area contributed by atoms with E-state index in [9.17, 15) is 4.39 Å². The number of methoxy groups -OCH3 is 2. The summed E-state index contributed by atoms with van der Waals surface area (Å²) in [5, 5.41) is 3.48. The Bertz CT molecular complexity index is 680. The van der Waals surface area contributed by atoms with E-state index in [0.717, 1.165) is 42.1 Å². The Kier molecular flexibility index (Phi) is 6.46. The molecule has 1 N–H and O–H groups in total. The van der Waals surface area contributed by atoms with Crippen LogP contribution in [0.3, 0.4) is 0 Å². The zero-order valence-electron chi connectivity index (χ0n) is 13.9. The highest BCUT2D eigenvalue weighted by Gasteiger charge is 2.39. The molecule has 24 heavy (non-hydrogen) atoms. The first-order chi connectivity index (χ1) is 11.2. The van der Waals surface area contributed by atoms with E-state index in [4.69, 9.17) is 9.47 Å². The van der Waals surface area contributed by atoms with Crippen molar-refractivity contribution in [2.45, 2.75) is 18.9 Å². The third-order valence-electron chi connectivity index (χ3n) is 4.43. The monoisotopic (exact) mass is 351 g/mol. The van der Waals surface area contributed by atoms with Crippen LogP contribution in [0.1, 0.15) is 23.5 Å². The lowest BCUT2D eigenvalue weighted by Crippen LogP contribution is -2.17. The van der Waals surface area contributed by atoms with Crippen LogP contribution in [-0.4, -0.2) is 20.8 Å². The minimum absolute atomic E-state index is 0. The van der Waals surface area contributed by atoms with Gasteiger partial charge in [-0.1, -0.05) is 18.2 Å². The lowest BCUT2D eigenvalue weighted by molar-refractivity contribution is 0.406. The molecule has 130 valence electrons. The van der Waals surface area contributed by atoms with Gasteiger partial charge >= 0.3 is 0 Å². The first-order valence-corrected chi connectivity index (χ1v) is 7.89. The maximum Gasteiger partial charge on any atom is 0.123 e. The summed E-state index contributed by atoms with van der Waals surface area (Å²) >= 11 is 0. The molecule has 0 unspecified atom stereocenters. The molecule has 0 saturated heterocycles. The maximum atomic E-state index is 13.5. The second-order valence-corrected chi connectivity index (χ2v) is 5.93. The third-order valence-corrected chi connectivity index (χ3v) is 4.43. The Morgan fingerprint density at radius 1 is 1.08 bits per heavy atom. The lowest BCUT2D eigenvalue weighted by atomic mass is 10.1. The van der Waals surface area contributed by atoms with Crippen molar-refractivity contribution in [1.29, 1.82) is 0 Å². The molecule has 2 aromatic rings. The van der Waals surface area contributed by atoms with Crippen LogP contribution in [0.15, 0.2) is 42.5 Å². The van der Waals surface area contributed by atoms with Crippen molar-refractivity contribution in [2.24, 2.45) is 5.92 Å². The molecule has 5 heteroatoms. The van der Waals surface area contributed by atoms with Gasteiger partial charge in [0.1, 0.15) is 17.3 Å². The summed E-state index contributed by atoms with van der Waals surface area (Å²) in [5.41, 5.74) is 2.13. The fourth-order valence-electron chi connectivity index (χ4n) is 3.09.